The van der Waals surface area contributed by atoms with Crippen LogP contribution in [0, 0.1) is 0 Å². The highest BCUT2D eigenvalue weighted by Crippen LogP contribution is 2.55. The van der Waals surface area contributed by atoms with Gasteiger partial charge in [-0.05, 0) is 24.3 Å². The molecule has 0 spiro atoms. The molecular weight excluding hydrogens is 394 g/mol. The van der Waals surface area contributed by atoms with Gasteiger partial charge in [0.05, 0.1) is 15.5 Å². The summed E-state index contributed by atoms with van der Waals surface area (Å²) in [5.74, 6) is 0.745. The summed E-state index contributed by atoms with van der Waals surface area (Å²) in [6.07, 6.45) is 0. The lowest BCUT2D eigenvalue weighted by Gasteiger charge is -2.03. The SMILES string of the molecule is Nc1c(-c2nc3ccccc3o2)sc2c1C(=O)C(c1nc3ccccc3o1)S2. The number of benzene rings is 2. The number of aromatic nitrogens is 2. The Balaban J connectivity index is 1.41. The molecule has 1 aliphatic heterocycles. The van der Waals surface area contributed by atoms with E-state index in [1.54, 1.807) is 0 Å². The van der Waals surface area contributed by atoms with Crippen molar-refractivity contribution in [1.82, 2.24) is 9.97 Å². The number of nitrogens with two attached hydrogens (primary N) is 1. The molecule has 2 aromatic carbocycles. The average Bonchev–Trinajstić information content (AvgIpc) is 3.44. The van der Waals surface area contributed by atoms with Gasteiger partial charge in [0.15, 0.2) is 16.9 Å². The summed E-state index contributed by atoms with van der Waals surface area (Å²) in [7, 11) is 0. The van der Waals surface area contributed by atoms with Crippen molar-refractivity contribution >= 4 is 56.8 Å². The zero-order valence-corrected chi connectivity index (χ0v) is 15.8. The zero-order chi connectivity index (χ0) is 18.8. The molecule has 28 heavy (non-hydrogen) atoms. The molecule has 0 fully saturated rings. The van der Waals surface area contributed by atoms with Gasteiger partial charge in [-0.2, -0.15) is 0 Å². The van der Waals surface area contributed by atoms with Crippen molar-refractivity contribution in [3.05, 3.63) is 60.0 Å². The van der Waals surface area contributed by atoms with Gasteiger partial charge in [0.2, 0.25) is 11.8 Å². The first-order valence-corrected chi connectivity index (χ1v) is 10.2. The van der Waals surface area contributed by atoms with Crippen LogP contribution in [0.2, 0.25) is 0 Å². The van der Waals surface area contributed by atoms with Crippen LogP contribution in [0.4, 0.5) is 5.69 Å². The molecule has 6 rings (SSSR count). The monoisotopic (exact) mass is 405 g/mol. The fourth-order valence-electron chi connectivity index (χ4n) is 3.32. The molecule has 6 nitrogen and oxygen atoms in total. The molecule has 1 aliphatic rings. The number of thioether (sulfide) groups is 1. The number of hydrogen-bond acceptors (Lipinski definition) is 8. The second-order valence-corrected chi connectivity index (χ2v) is 8.77. The van der Waals surface area contributed by atoms with Gasteiger partial charge in [0, 0.05) is 0 Å². The minimum Gasteiger partial charge on any atom is -0.439 e. The molecule has 0 saturated carbocycles. The highest BCUT2D eigenvalue weighted by atomic mass is 32.2. The fourth-order valence-corrected chi connectivity index (χ4v) is 5.91. The number of hydrogen-bond donors (Lipinski definition) is 1. The predicted molar refractivity (Wildman–Crippen MR) is 109 cm³/mol. The predicted octanol–water partition coefficient (Wildman–Crippen LogP) is 5.31. The van der Waals surface area contributed by atoms with Crippen molar-refractivity contribution in [3.63, 3.8) is 0 Å². The molecule has 2 N–H and O–H groups in total. The minimum absolute atomic E-state index is 0.0948. The first-order valence-electron chi connectivity index (χ1n) is 8.53. The van der Waals surface area contributed by atoms with E-state index in [0.717, 1.165) is 15.2 Å². The number of thiophene rings is 1. The van der Waals surface area contributed by atoms with E-state index >= 15 is 0 Å². The summed E-state index contributed by atoms with van der Waals surface area (Å²) in [5.41, 5.74) is 10.1. The van der Waals surface area contributed by atoms with E-state index in [2.05, 4.69) is 9.97 Å². The molecule has 8 heteroatoms. The standard InChI is InChI=1S/C20H11N3O3S2/c21-14-13-15(24)17(19-23-10-6-2-4-8-12(10)26-19)28-20(13)27-16(14)18-22-9-5-1-3-7-11(9)25-18/h1-8,17H,21H2. The van der Waals surface area contributed by atoms with Gasteiger partial charge in [-0.25, -0.2) is 9.97 Å². The lowest BCUT2D eigenvalue weighted by Crippen LogP contribution is -2.06. The summed E-state index contributed by atoms with van der Waals surface area (Å²) in [5, 5.41) is -0.520. The van der Waals surface area contributed by atoms with Crippen LogP contribution >= 0.6 is 23.1 Å². The second kappa shape index (κ2) is 5.70. The van der Waals surface area contributed by atoms with Crippen LogP contribution in [-0.2, 0) is 0 Å². The highest BCUT2D eigenvalue weighted by molar-refractivity contribution is 8.02. The van der Waals surface area contributed by atoms with E-state index in [-0.39, 0.29) is 5.78 Å². The Morgan fingerprint density at radius 1 is 0.929 bits per heavy atom. The van der Waals surface area contributed by atoms with Gasteiger partial charge in [-0.1, -0.05) is 36.0 Å². The van der Waals surface area contributed by atoms with Crippen molar-refractivity contribution < 1.29 is 13.6 Å². The molecule has 5 aromatic rings. The maximum atomic E-state index is 13.1. The van der Waals surface area contributed by atoms with Gasteiger partial charge in [-0.15, -0.1) is 11.3 Å². The number of carbonyl (C=O) groups excluding carboxylic acids is 1. The maximum Gasteiger partial charge on any atom is 0.239 e. The van der Waals surface area contributed by atoms with E-state index in [1.807, 2.05) is 48.5 Å². The van der Waals surface area contributed by atoms with E-state index in [1.165, 1.54) is 23.1 Å². The van der Waals surface area contributed by atoms with Gasteiger partial charge >= 0.3 is 0 Å². The lowest BCUT2D eigenvalue weighted by atomic mass is 10.1. The van der Waals surface area contributed by atoms with E-state index in [4.69, 9.17) is 14.6 Å². The third-order valence-electron chi connectivity index (χ3n) is 4.65. The van der Waals surface area contributed by atoms with Crippen molar-refractivity contribution in [2.45, 2.75) is 9.46 Å². The number of fused-ring (bicyclic) bond motifs is 3. The Hall–Kier alpha value is -3.10. The maximum absolute atomic E-state index is 13.1. The highest BCUT2D eigenvalue weighted by Gasteiger charge is 2.41. The Morgan fingerprint density at radius 3 is 2.29 bits per heavy atom. The summed E-state index contributed by atoms with van der Waals surface area (Å²) in [4.78, 5) is 22.7. The van der Waals surface area contributed by atoms with Crippen molar-refractivity contribution in [3.8, 4) is 10.8 Å². The topological polar surface area (TPSA) is 95.2 Å². The van der Waals surface area contributed by atoms with Gasteiger partial charge < -0.3 is 14.6 Å². The Kier molecular flexibility index (Phi) is 3.24. The smallest absolute Gasteiger partial charge is 0.239 e. The number of Topliss-reactive ketones (excluding diaryl/α,β-unsaturated/α-hetero) is 1. The molecule has 1 unspecified atom stereocenters. The third-order valence-corrected chi connectivity index (χ3v) is 7.24. The first kappa shape index (κ1) is 15.9. The summed E-state index contributed by atoms with van der Waals surface area (Å²) in [6.45, 7) is 0. The van der Waals surface area contributed by atoms with Gasteiger partial charge in [0.1, 0.15) is 21.2 Å². The van der Waals surface area contributed by atoms with Crippen LogP contribution in [0.5, 0.6) is 0 Å². The molecule has 1 atom stereocenters. The Morgan fingerprint density at radius 2 is 1.61 bits per heavy atom. The van der Waals surface area contributed by atoms with E-state index in [0.29, 0.717) is 39.1 Å². The molecule has 3 aromatic heterocycles. The zero-order valence-electron chi connectivity index (χ0n) is 14.2. The number of nitrogen functional groups attached to an aromatic ring is 1. The summed E-state index contributed by atoms with van der Waals surface area (Å²) >= 11 is 2.83. The quantitative estimate of drug-likeness (QED) is 0.425. The Bertz CT molecular complexity index is 1330. The van der Waals surface area contributed by atoms with Crippen molar-refractivity contribution in [1.29, 1.82) is 0 Å². The van der Waals surface area contributed by atoms with E-state index < -0.39 is 5.25 Å². The molecule has 0 amide bonds. The number of rotatable bonds is 2. The number of ketones is 1. The number of para-hydroxylation sites is 4. The number of anilines is 1. The van der Waals surface area contributed by atoms with E-state index in [9.17, 15) is 4.79 Å². The number of oxazole rings is 2. The fraction of sp³-hybridized carbons (Fsp3) is 0.0500. The van der Waals surface area contributed by atoms with Crippen LogP contribution in [0.3, 0.4) is 0 Å². The molecule has 0 bridgehead atoms. The summed E-state index contributed by atoms with van der Waals surface area (Å²) < 4.78 is 12.5. The lowest BCUT2D eigenvalue weighted by molar-refractivity contribution is 0.0986. The molecule has 4 heterocycles. The number of nitrogens with zero attached hydrogens (tertiary/aromatic N) is 2. The first-order chi connectivity index (χ1) is 13.7. The van der Waals surface area contributed by atoms with Crippen LogP contribution in [-0.4, -0.2) is 15.8 Å². The molecule has 136 valence electrons. The van der Waals surface area contributed by atoms with Crippen LogP contribution in [0.15, 0.2) is 61.6 Å². The van der Waals surface area contributed by atoms with Gasteiger partial charge in [0.25, 0.3) is 0 Å². The molecule has 0 saturated heterocycles. The molecule has 0 aliphatic carbocycles. The van der Waals surface area contributed by atoms with Crippen LogP contribution < -0.4 is 5.73 Å². The molecule has 0 radical (unpaired) electrons. The normalized spacial score (nSPS) is 16.3. The van der Waals surface area contributed by atoms with Crippen LogP contribution in [0.1, 0.15) is 21.5 Å². The number of carbonyl (C=O) groups is 1. The van der Waals surface area contributed by atoms with Crippen molar-refractivity contribution in [2.24, 2.45) is 0 Å². The van der Waals surface area contributed by atoms with Crippen LogP contribution in [0.25, 0.3) is 33.0 Å². The third kappa shape index (κ3) is 2.18. The largest absolute Gasteiger partial charge is 0.439 e. The Labute approximate surface area is 166 Å². The summed E-state index contributed by atoms with van der Waals surface area (Å²) in [6, 6.07) is 15.0. The average molecular weight is 405 g/mol. The second-order valence-electron chi connectivity index (χ2n) is 6.38. The van der Waals surface area contributed by atoms with Gasteiger partial charge in [-0.3, -0.25) is 4.79 Å². The van der Waals surface area contributed by atoms with Crippen molar-refractivity contribution in [2.75, 3.05) is 5.73 Å². The minimum atomic E-state index is -0.520. The molecular formula is C20H11N3O3S2.